The number of para-hydroxylation sites is 1. The molecule has 1 aromatic heterocycles. The van der Waals surface area contributed by atoms with Gasteiger partial charge in [-0.25, -0.2) is 9.78 Å². The molecule has 1 saturated heterocycles. The summed E-state index contributed by atoms with van der Waals surface area (Å²) in [5.74, 6) is 2.24. The van der Waals surface area contributed by atoms with Crippen LogP contribution in [0.1, 0.15) is 43.0 Å². The number of benzene rings is 1. The van der Waals surface area contributed by atoms with E-state index in [2.05, 4.69) is 21.1 Å². The van der Waals surface area contributed by atoms with Gasteiger partial charge in [-0.1, -0.05) is 23.7 Å². The molecule has 1 aliphatic heterocycles. The summed E-state index contributed by atoms with van der Waals surface area (Å²) in [6, 6.07) is 5.57. The van der Waals surface area contributed by atoms with Crippen molar-refractivity contribution in [3.63, 3.8) is 0 Å². The van der Waals surface area contributed by atoms with E-state index in [1.165, 1.54) is 12.8 Å². The summed E-state index contributed by atoms with van der Waals surface area (Å²) in [5.41, 5.74) is 1.68. The maximum absolute atomic E-state index is 12.8. The number of aromatic nitrogens is 2. The molecule has 2 heterocycles. The van der Waals surface area contributed by atoms with Crippen LogP contribution in [0.3, 0.4) is 0 Å². The number of imidazole rings is 1. The molecule has 1 aliphatic carbocycles. The summed E-state index contributed by atoms with van der Waals surface area (Å²) in [4.78, 5) is 19.3. The van der Waals surface area contributed by atoms with Crippen molar-refractivity contribution in [3.05, 3.63) is 47.0 Å². The van der Waals surface area contributed by atoms with Crippen LogP contribution in [0.15, 0.2) is 30.6 Å². The zero-order valence-corrected chi connectivity index (χ0v) is 15.9. The largest absolute Gasteiger partial charge is 0.334 e. The molecule has 0 bridgehead atoms. The second-order valence-electron chi connectivity index (χ2n) is 7.53. The Balaban J connectivity index is 1.45. The number of halogens is 1. The lowest BCUT2D eigenvalue weighted by Crippen LogP contribution is -2.42. The highest BCUT2D eigenvalue weighted by molar-refractivity contribution is 6.33. The molecule has 1 N–H and O–H groups in total. The predicted molar refractivity (Wildman–Crippen MR) is 104 cm³/mol. The highest BCUT2D eigenvalue weighted by Crippen LogP contribution is 2.33. The van der Waals surface area contributed by atoms with Crippen molar-refractivity contribution < 1.29 is 4.79 Å². The van der Waals surface area contributed by atoms with Gasteiger partial charge in [0.1, 0.15) is 5.82 Å². The average Bonchev–Trinajstić information content (AvgIpc) is 3.33. The summed E-state index contributed by atoms with van der Waals surface area (Å²) in [7, 11) is 0. The van der Waals surface area contributed by atoms with Gasteiger partial charge in [0, 0.05) is 37.9 Å². The molecule has 1 aromatic carbocycles. The van der Waals surface area contributed by atoms with E-state index in [-0.39, 0.29) is 6.03 Å². The standard InChI is InChI=1S/C20H25ClN4O/c1-14-4-2-6-17(21)18(14)23-20(26)25-10-3-5-16(13-25)19-22-9-11-24(19)12-15-7-8-15/h2,4,6,9,11,15-16H,3,5,7-8,10,12-13H2,1H3,(H,23,26). The Hall–Kier alpha value is -2.01. The fraction of sp³-hybridized carbons (Fsp3) is 0.500. The molecule has 1 unspecified atom stereocenters. The number of likely N-dealkylation sites (tertiary alicyclic amines) is 1. The second kappa shape index (κ2) is 7.31. The van der Waals surface area contributed by atoms with E-state index in [4.69, 9.17) is 11.6 Å². The van der Waals surface area contributed by atoms with Crippen LogP contribution in [-0.2, 0) is 6.54 Å². The van der Waals surface area contributed by atoms with Gasteiger partial charge in [-0.3, -0.25) is 0 Å². The van der Waals surface area contributed by atoms with Crippen LogP contribution >= 0.6 is 11.6 Å². The van der Waals surface area contributed by atoms with Gasteiger partial charge in [0.15, 0.2) is 0 Å². The number of piperidine rings is 1. The first-order valence-electron chi connectivity index (χ1n) is 9.44. The maximum Gasteiger partial charge on any atom is 0.321 e. The minimum atomic E-state index is -0.0776. The molecule has 138 valence electrons. The molecule has 1 saturated carbocycles. The predicted octanol–water partition coefficient (Wildman–Crippen LogP) is 4.67. The topological polar surface area (TPSA) is 50.2 Å². The van der Waals surface area contributed by atoms with Crippen molar-refractivity contribution in [2.75, 3.05) is 18.4 Å². The number of hydrogen-bond donors (Lipinski definition) is 1. The van der Waals surface area contributed by atoms with Gasteiger partial charge in [-0.05, 0) is 50.2 Å². The third-order valence-electron chi connectivity index (χ3n) is 5.43. The van der Waals surface area contributed by atoms with Crippen molar-refractivity contribution in [1.82, 2.24) is 14.5 Å². The summed E-state index contributed by atoms with van der Waals surface area (Å²) in [5, 5.41) is 3.57. The van der Waals surface area contributed by atoms with Crippen molar-refractivity contribution in [2.24, 2.45) is 5.92 Å². The minimum absolute atomic E-state index is 0.0776. The Morgan fingerprint density at radius 2 is 2.19 bits per heavy atom. The summed E-state index contributed by atoms with van der Waals surface area (Å²) in [6.45, 7) is 4.50. The van der Waals surface area contributed by atoms with Crippen molar-refractivity contribution in [2.45, 2.75) is 45.1 Å². The molecule has 5 nitrogen and oxygen atoms in total. The number of aryl methyl sites for hydroxylation is 1. The molecule has 2 amide bonds. The fourth-order valence-corrected chi connectivity index (χ4v) is 4.03. The van der Waals surface area contributed by atoms with Crippen molar-refractivity contribution in [1.29, 1.82) is 0 Å². The third kappa shape index (κ3) is 3.73. The molecule has 0 spiro atoms. The van der Waals surface area contributed by atoms with Crippen LogP contribution in [0.5, 0.6) is 0 Å². The first kappa shape index (κ1) is 17.4. The van der Waals surface area contributed by atoms with Gasteiger partial charge in [0.05, 0.1) is 10.7 Å². The number of carbonyl (C=O) groups is 1. The maximum atomic E-state index is 12.8. The van der Waals surface area contributed by atoms with E-state index >= 15 is 0 Å². The SMILES string of the molecule is Cc1cccc(Cl)c1NC(=O)N1CCCC(c2nccn2CC2CC2)C1. The molecule has 2 fully saturated rings. The number of rotatable bonds is 4. The van der Waals surface area contributed by atoms with Crippen LogP contribution in [0.4, 0.5) is 10.5 Å². The Bertz CT molecular complexity index is 779. The van der Waals surface area contributed by atoms with Crippen molar-refractivity contribution >= 4 is 23.3 Å². The summed E-state index contributed by atoms with van der Waals surface area (Å²) in [6.07, 6.45) is 8.71. The summed E-state index contributed by atoms with van der Waals surface area (Å²) < 4.78 is 2.29. The number of urea groups is 1. The second-order valence-corrected chi connectivity index (χ2v) is 7.94. The first-order valence-corrected chi connectivity index (χ1v) is 9.81. The number of nitrogens with one attached hydrogen (secondary N) is 1. The minimum Gasteiger partial charge on any atom is -0.334 e. The molecule has 2 aliphatic rings. The molecule has 26 heavy (non-hydrogen) atoms. The van der Waals surface area contributed by atoms with Crippen molar-refractivity contribution in [3.8, 4) is 0 Å². The fourth-order valence-electron chi connectivity index (χ4n) is 3.76. The number of nitrogens with zero attached hydrogens (tertiary/aromatic N) is 3. The Kier molecular flexibility index (Phi) is 4.90. The molecule has 4 rings (SSSR count). The highest BCUT2D eigenvalue weighted by Gasteiger charge is 2.29. The normalized spacial score (nSPS) is 20.2. The van der Waals surface area contributed by atoms with Gasteiger partial charge in [-0.15, -0.1) is 0 Å². The van der Waals surface area contributed by atoms with E-state index in [1.807, 2.05) is 30.2 Å². The van der Waals surface area contributed by atoms with Gasteiger partial charge in [0.25, 0.3) is 0 Å². The lowest BCUT2D eigenvalue weighted by molar-refractivity contribution is 0.190. The smallest absolute Gasteiger partial charge is 0.321 e. The quantitative estimate of drug-likeness (QED) is 0.848. The molecule has 2 aromatic rings. The highest BCUT2D eigenvalue weighted by atomic mass is 35.5. The zero-order chi connectivity index (χ0) is 18.1. The van der Waals surface area contributed by atoms with E-state index in [0.717, 1.165) is 43.2 Å². The van der Waals surface area contributed by atoms with E-state index in [9.17, 15) is 4.79 Å². The molecule has 1 atom stereocenters. The van der Waals surface area contributed by atoms with Gasteiger partial charge in [0.2, 0.25) is 0 Å². The Morgan fingerprint density at radius 1 is 1.35 bits per heavy atom. The van der Waals surface area contributed by atoms with Crippen LogP contribution in [0, 0.1) is 12.8 Å². The van der Waals surface area contributed by atoms with Gasteiger partial charge in [-0.2, -0.15) is 0 Å². The number of amides is 2. The molecular formula is C20H25ClN4O. The van der Waals surface area contributed by atoms with Crippen LogP contribution in [0.2, 0.25) is 5.02 Å². The number of carbonyl (C=O) groups excluding carboxylic acids is 1. The van der Waals surface area contributed by atoms with Crippen LogP contribution in [0.25, 0.3) is 0 Å². The van der Waals surface area contributed by atoms with E-state index < -0.39 is 0 Å². The lowest BCUT2D eigenvalue weighted by atomic mass is 9.97. The third-order valence-corrected chi connectivity index (χ3v) is 5.74. The average molecular weight is 373 g/mol. The van der Waals surface area contributed by atoms with Gasteiger partial charge >= 0.3 is 6.03 Å². The summed E-state index contributed by atoms with van der Waals surface area (Å²) >= 11 is 6.25. The van der Waals surface area contributed by atoms with Crippen LogP contribution < -0.4 is 5.32 Å². The number of anilines is 1. The number of hydrogen-bond acceptors (Lipinski definition) is 2. The lowest BCUT2D eigenvalue weighted by Gasteiger charge is -2.33. The molecule has 6 heteroatoms. The van der Waals surface area contributed by atoms with E-state index in [1.54, 1.807) is 6.07 Å². The Morgan fingerprint density at radius 3 is 2.96 bits per heavy atom. The monoisotopic (exact) mass is 372 g/mol. The van der Waals surface area contributed by atoms with Crippen LogP contribution in [-0.4, -0.2) is 33.6 Å². The Labute approximate surface area is 159 Å². The van der Waals surface area contributed by atoms with E-state index in [0.29, 0.717) is 23.2 Å². The zero-order valence-electron chi connectivity index (χ0n) is 15.1. The first-order chi connectivity index (χ1) is 12.6. The molecule has 0 radical (unpaired) electrons. The molecular weight excluding hydrogens is 348 g/mol. The van der Waals surface area contributed by atoms with Gasteiger partial charge < -0.3 is 14.8 Å².